The van der Waals surface area contributed by atoms with E-state index in [1.54, 1.807) is 6.20 Å². The van der Waals surface area contributed by atoms with Crippen molar-refractivity contribution in [3.63, 3.8) is 0 Å². The molecular weight excluding hydrogens is 408 g/mol. The highest BCUT2D eigenvalue weighted by Gasteiger charge is 2.19. The van der Waals surface area contributed by atoms with Gasteiger partial charge in [-0.15, -0.1) is 0 Å². The maximum absolute atomic E-state index is 12.9. The fourth-order valence-corrected chi connectivity index (χ4v) is 4.30. The fraction of sp³-hybridized carbons (Fsp3) is 0.375. The van der Waals surface area contributed by atoms with Gasteiger partial charge in [-0.3, -0.25) is 9.78 Å². The summed E-state index contributed by atoms with van der Waals surface area (Å²) < 4.78 is 5.70. The summed E-state index contributed by atoms with van der Waals surface area (Å²) in [6.07, 6.45) is 5.90. The van der Waals surface area contributed by atoms with Crippen LogP contribution in [0.4, 0.5) is 0 Å². The van der Waals surface area contributed by atoms with E-state index in [4.69, 9.17) is 17.0 Å². The van der Waals surface area contributed by atoms with Crippen LogP contribution in [0.1, 0.15) is 35.1 Å². The van der Waals surface area contributed by atoms with Crippen LogP contribution >= 0.6 is 12.2 Å². The molecule has 2 N–H and O–H groups in total. The minimum Gasteiger partial charge on any atom is -0.376 e. The molecule has 1 aliphatic rings. The normalized spacial score (nSPS) is 15.9. The lowest BCUT2D eigenvalue weighted by molar-refractivity contribution is 0.113. The molecule has 0 aliphatic carbocycles. The monoisotopic (exact) mass is 436 g/mol. The van der Waals surface area contributed by atoms with Crippen molar-refractivity contribution in [3.05, 3.63) is 75.3 Å². The van der Waals surface area contributed by atoms with E-state index in [1.165, 1.54) is 5.56 Å². The van der Waals surface area contributed by atoms with Gasteiger partial charge in [0.1, 0.15) is 0 Å². The summed E-state index contributed by atoms with van der Waals surface area (Å²) >= 11 is 5.72. The molecule has 1 unspecified atom stereocenters. The molecular formula is C24H28N4O2S. The smallest absolute Gasteiger partial charge is 0.253 e. The lowest BCUT2D eigenvalue weighted by atomic mass is 10.1. The van der Waals surface area contributed by atoms with Gasteiger partial charge in [0, 0.05) is 37.7 Å². The highest BCUT2D eigenvalue weighted by molar-refractivity contribution is 7.80. The van der Waals surface area contributed by atoms with E-state index < -0.39 is 0 Å². The molecule has 1 aliphatic heterocycles. The van der Waals surface area contributed by atoms with Crippen molar-refractivity contribution in [1.82, 2.24) is 20.2 Å². The zero-order chi connectivity index (χ0) is 21.8. The number of ether oxygens (including phenoxy) is 1. The Hall–Kier alpha value is -2.77. The second-order valence-corrected chi connectivity index (χ2v) is 8.59. The number of benzene rings is 1. The quantitative estimate of drug-likeness (QED) is 0.576. The summed E-state index contributed by atoms with van der Waals surface area (Å²) in [5, 5.41) is 4.98. The molecule has 1 fully saturated rings. The number of pyridine rings is 2. The standard InChI is InChI=1S/C24H28N4O2S/c1-16-9-17(2)22-19(10-16)11-20(23(29)27-22)15-28(14-18-5-3-7-25-12-18)24(31)26-13-21-6-4-8-30-21/h3,5,7,9-12,21H,4,6,8,13-15H2,1-2H3,(H,26,31)(H,27,29). The first-order valence-electron chi connectivity index (χ1n) is 10.7. The lowest BCUT2D eigenvalue weighted by Crippen LogP contribution is -2.42. The second kappa shape index (κ2) is 9.58. The molecule has 3 heterocycles. The van der Waals surface area contributed by atoms with Crippen LogP contribution in [0.2, 0.25) is 0 Å². The van der Waals surface area contributed by atoms with Crippen LogP contribution in [0, 0.1) is 13.8 Å². The van der Waals surface area contributed by atoms with Gasteiger partial charge in [0.05, 0.1) is 18.2 Å². The highest BCUT2D eigenvalue weighted by atomic mass is 32.1. The van der Waals surface area contributed by atoms with Gasteiger partial charge < -0.3 is 19.9 Å². The minimum absolute atomic E-state index is 0.0856. The Bertz CT molecular complexity index is 1120. The number of aromatic amines is 1. The van der Waals surface area contributed by atoms with Gasteiger partial charge in [0.25, 0.3) is 5.56 Å². The molecule has 0 amide bonds. The van der Waals surface area contributed by atoms with Crippen LogP contribution < -0.4 is 10.9 Å². The predicted octanol–water partition coefficient (Wildman–Crippen LogP) is 3.60. The molecule has 0 saturated carbocycles. The summed E-state index contributed by atoms with van der Waals surface area (Å²) in [6, 6.07) is 10.1. The fourth-order valence-electron chi connectivity index (χ4n) is 4.09. The first kappa shape index (κ1) is 21.5. The lowest BCUT2D eigenvalue weighted by Gasteiger charge is -2.27. The van der Waals surface area contributed by atoms with Crippen LogP contribution in [0.5, 0.6) is 0 Å². The molecule has 7 heteroatoms. The first-order chi connectivity index (χ1) is 15.0. The minimum atomic E-state index is -0.0856. The third kappa shape index (κ3) is 5.29. The van der Waals surface area contributed by atoms with Crippen molar-refractivity contribution >= 4 is 28.2 Å². The molecule has 3 aromatic rings. The molecule has 31 heavy (non-hydrogen) atoms. The van der Waals surface area contributed by atoms with Crippen LogP contribution in [0.15, 0.2) is 47.5 Å². The van der Waals surface area contributed by atoms with Crippen molar-refractivity contribution in [2.45, 2.75) is 45.9 Å². The van der Waals surface area contributed by atoms with Crippen LogP contribution in [0.3, 0.4) is 0 Å². The summed E-state index contributed by atoms with van der Waals surface area (Å²) in [5.74, 6) is 0. The van der Waals surface area contributed by atoms with Gasteiger partial charge in [0.2, 0.25) is 0 Å². The molecule has 1 aromatic carbocycles. The Morgan fingerprint density at radius 1 is 1.32 bits per heavy atom. The molecule has 1 atom stereocenters. The number of nitrogens with one attached hydrogen (secondary N) is 2. The number of hydrogen-bond acceptors (Lipinski definition) is 4. The summed E-state index contributed by atoms with van der Waals surface area (Å²) in [5.41, 5.74) is 4.76. The molecule has 2 aromatic heterocycles. The van der Waals surface area contributed by atoms with Gasteiger partial charge in [-0.2, -0.15) is 0 Å². The number of fused-ring (bicyclic) bond motifs is 1. The summed E-state index contributed by atoms with van der Waals surface area (Å²) in [7, 11) is 0. The van der Waals surface area contributed by atoms with E-state index >= 15 is 0 Å². The Labute approximate surface area is 187 Å². The Balaban J connectivity index is 1.59. The summed E-state index contributed by atoms with van der Waals surface area (Å²) in [4.78, 5) is 22.2. The highest BCUT2D eigenvalue weighted by Crippen LogP contribution is 2.19. The number of aromatic nitrogens is 2. The first-order valence-corrected chi connectivity index (χ1v) is 11.1. The van der Waals surface area contributed by atoms with Gasteiger partial charge in [0.15, 0.2) is 5.11 Å². The third-order valence-corrected chi connectivity index (χ3v) is 6.02. The van der Waals surface area contributed by atoms with Gasteiger partial charge >= 0.3 is 0 Å². The van der Waals surface area contributed by atoms with E-state index in [9.17, 15) is 4.79 Å². The van der Waals surface area contributed by atoms with E-state index in [2.05, 4.69) is 34.3 Å². The molecule has 1 saturated heterocycles. The van der Waals surface area contributed by atoms with Gasteiger partial charge in [-0.25, -0.2) is 0 Å². The molecule has 0 spiro atoms. The van der Waals surface area contributed by atoms with Gasteiger partial charge in [-0.05, 0) is 73.6 Å². The van der Waals surface area contributed by atoms with Gasteiger partial charge in [-0.1, -0.05) is 17.7 Å². The largest absolute Gasteiger partial charge is 0.376 e. The number of nitrogens with zero attached hydrogens (tertiary/aromatic N) is 2. The van der Waals surface area contributed by atoms with Crippen LogP contribution in [-0.2, 0) is 17.8 Å². The SMILES string of the molecule is Cc1cc(C)c2[nH]c(=O)c(CN(Cc3cccnc3)C(=S)NCC3CCCO3)cc2c1. The Morgan fingerprint density at radius 3 is 2.94 bits per heavy atom. The van der Waals surface area contributed by atoms with E-state index in [0.717, 1.165) is 41.5 Å². The Kier molecular flexibility index (Phi) is 6.63. The molecule has 162 valence electrons. The van der Waals surface area contributed by atoms with E-state index in [1.807, 2.05) is 36.2 Å². The van der Waals surface area contributed by atoms with E-state index in [-0.39, 0.29) is 11.7 Å². The average Bonchev–Trinajstić information content (AvgIpc) is 3.27. The average molecular weight is 437 g/mol. The molecule has 0 bridgehead atoms. The topological polar surface area (TPSA) is 70.2 Å². The second-order valence-electron chi connectivity index (χ2n) is 8.21. The molecule has 0 radical (unpaired) electrons. The van der Waals surface area contributed by atoms with Crippen molar-refractivity contribution < 1.29 is 4.74 Å². The maximum Gasteiger partial charge on any atom is 0.253 e. The third-order valence-electron chi connectivity index (χ3n) is 5.62. The Morgan fingerprint density at radius 2 is 2.19 bits per heavy atom. The maximum atomic E-state index is 12.9. The van der Waals surface area contributed by atoms with Crippen molar-refractivity contribution in [2.75, 3.05) is 13.2 Å². The van der Waals surface area contributed by atoms with Crippen molar-refractivity contribution in [2.24, 2.45) is 0 Å². The van der Waals surface area contributed by atoms with Crippen LogP contribution in [0.25, 0.3) is 10.9 Å². The zero-order valence-corrected chi connectivity index (χ0v) is 18.8. The number of thiocarbonyl (C=S) groups is 1. The number of aryl methyl sites for hydroxylation is 2. The number of H-pyrrole nitrogens is 1. The van der Waals surface area contributed by atoms with Crippen molar-refractivity contribution in [3.8, 4) is 0 Å². The zero-order valence-electron chi connectivity index (χ0n) is 18.0. The van der Waals surface area contributed by atoms with E-state index in [0.29, 0.717) is 30.3 Å². The molecule has 4 rings (SSSR count). The summed E-state index contributed by atoms with van der Waals surface area (Å²) in [6.45, 7) is 6.54. The predicted molar refractivity (Wildman–Crippen MR) is 127 cm³/mol. The van der Waals surface area contributed by atoms with Crippen LogP contribution in [-0.4, -0.2) is 39.2 Å². The van der Waals surface area contributed by atoms with Crippen molar-refractivity contribution in [1.29, 1.82) is 0 Å². The number of hydrogen-bond donors (Lipinski definition) is 2. The number of rotatable bonds is 6. The molecule has 6 nitrogen and oxygen atoms in total.